The van der Waals surface area contributed by atoms with E-state index in [0.717, 1.165) is 49.5 Å². The van der Waals surface area contributed by atoms with Crippen LogP contribution in [0, 0.1) is 30.7 Å². The van der Waals surface area contributed by atoms with Gasteiger partial charge in [-0.1, -0.05) is 58.9 Å². The van der Waals surface area contributed by atoms with Crippen molar-refractivity contribution >= 4 is 33.3 Å². The molecule has 0 saturated heterocycles. The van der Waals surface area contributed by atoms with Gasteiger partial charge >= 0.3 is 23.9 Å². The Labute approximate surface area is 297 Å². The summed E-state index contributed by atoms with van der Waals surface area (Å²) in [6.07, 6.45) is 0.734. The van der Waals surface area contributed by atoms with Crippen LogP contribution in [-0.4, -0.2) is 42.8 Å². The number of ketones is 1. The zero-order valence-corrected chi connectivity index (χ0v) is 30.8. The van der Waals surface area contributed by atoms with Gasteiger partial charge in [0.15, 0.2) is 0 Å². The molecule has 0 atom stereocenters. The van der Waals surface area contributed by atoms with Gasteiger partial charge in [-0.25, -0.2) is 14.8 Å². The maximum atomic E-state index is 12.4. The molecule has 0 bridgehead atoms. The van der Waals surface area contributed by atoms with Gasteiger partial charge in [0.25, 0.3) is 0 Å². The van der Waals surface area contributed by atoms with E-state index >= 15 is 0 Å². The molecule has 0 fully saturated rings. The average molecular weight is 850 g/mol. The minimum Gasteiger partial charge on any atom is -0.511 e. The van der Waals surface area contributed by atoms with Gasteiger partial charge in [0.2, 0.25) is 0 Å². The molecule has 11 heteroatoms. The monoisotopic (exact) mass is 850 g/mol. The summed E-state index contributed by atoms with van der Waals surface area (Å²) in [4.78, 5) is 32.6. The number of aliphatic hydroxyl groups is 1. The van der Waals surface area contributed by atoms with Gasteiger partial charge in [-0.3, -0.25) is 4.79 Å². The molecule has 0 unspecified atom stereocenters. The number of hydrogen-bond donors (Lipinski definition) is 1. The number of aromatic nitrogens is 3. The molecule has 0 amide bonds. The fraction of sp³-hybridized carbons (Fsp3) is 0.289. The van der Waals surface area contributed by atoms with Crippen molar-refractivity contribution in [2.45, 2.75) is 61.6 Å². The summed E-state index contributed by atoms with van der Waals surface area (Å²) in [6, 6.07) is 18.6. The largest absolute Gasteiger partial charge is 0.511 e. The summed E-state index contributed by atoms with van der Waals surface area (Å²) in [6.45, 7) is 15.4. The Balaban J connectivity index is 0.000000398. The van der Waals surface area contributed by atoms with Gasteiger partial charge < -0.3 is 14.8 Å². The van der Waals surface area contributed by atoms with Crippen LogP contribution in [-0.2, 0) is 24.9 Å². The zero-order chi connectivity index (χ0) is 35.6. The van der Waals surface area contributed by atoms with Crippen LogP contribution in [0.15, 0.2) is 79.0 Å². The average Bonchev–Trinajstić information content (AvgIpc) is 2.99. The van der Waals surface area contributed by atoms with Crippen LogP contribution in [0.4, 0.5) is 13.2 Å². The fourth-order valence-corrected chi connectivity index (χ4v) is 4.63. The van der Waals surface area contributed by atoms with Crippen LogP contribution in [0.1, 0.15) is 52.7 Å². The van der Waals surface area contributed by atoms with Gasteiger partial charge in [0, 0.05) is 49.7 Å². The number of carbonyl (C=O) groups is 1. The second kappa shape index (κ2) is 15.0. The first-order valence-electron chi connectivity index (χ1n) is 15.2. The van der Waals surface area contributed by atoms with E-state index in [1.165, 1.54) is 18.5 Å². The maximum absolute atomic E-state index is 12.4. The fourth-order valence-electron chi connectivity index (χ4n) is 4.63. The van der Waals surface area contributed by atoms with Crippen molar-refractivity contribution < 1.29 is 52.7 Å². The Morgan fingerprint density at radius 1 is 0.837 bits per heavy atom. The summed E-state index contributed by atoms with van der Waals surface area (Å²) in [5.41, 5.74) is 4.71. The standard InChI is InChI=1S/C27H17F3N3O2.C11H20O2.Ir/c1-15-9-16(2)11-19(10-15)24-23-6-4-18-12-17(3-5-21(18)22(23)7-8-31-24)20-13-32-26(33-14-20)35-25(34)27(28,29)30;1-10(2,3)8(12)7-9(13)11(4,5)6;/h3-10,12-14H,1-2H3;7,12H,1-6H3;/q-1;;/p+1/b;8-7-;. The number of pyridine rings is 1. The number of hydrogen-bond acceptors (Lipinski definition) is 6. The Bertz CT molecular complexity index is 2010. The van der Waals surface area contributed by atoms with Crippen molar-refractivity contribution in [3.05, 3.63) is 96.1 Å². The molecule has 3 aromatic carbocycles. The molecule has 0 aliphatic rings. The molecule has 0 aliphatic carbocycles. The Morgan fingerprint density at radius 3 is 2.04 bits per heavy atom. The number of halogens is 3. The van der Waals surface area contributed by atoms with Crippen molar-refractivity contribution in [2.75, 3.05) is 0 Å². The third-order valence-electron chi connectivity index (χ3n) is 7.35. The first kappa shape index (κ1) is 39.0. The van der Waals surface area contributed by atoms with E-state index in [1.807, 2.05) is 91.8 Å². The van der Waals surface area contributed by atoms with E-state index in [0.29, 0.717) is 5.56 Å². The molecule has 5 aromatic rings. The van der Waals surface area contributed by atoms with Gasteiger partial charge in [-0.15, -0.1) is 34.9 Å². The van der Waals surface area contributed by atoms with Crippen molar-refractivity contribution in [1.29, 1.82) is 0 Å². The number of aryl methyl sites for hydroxylation is 2. The van der Waals surface area contributed by atoms with Gasteiger partial charge in [-0.05, 0) is 65.7 Å². The second-order valence-corrected chi connectivity index (χ2v) is 13.6. The van der Waals surface area contributed by atoms with E-state index in [2.05, 4.69) is 37.9 Å². The van der Waals surface area contributed by atoms with E-state index in [9.17, 15) is 27.9 Å². The molecule has 0 aliphatic heterocycles. The number of nitrogens with zero attached hydrogens (tertiary/aromatic N) is 3. The molecular weight excluding hydrogens is 812 g/mol. The molecule has 49 heavy (non-hydrogen) atoms. The number of aliphatic hydroxyl groups excluding tert-OH is 1. The number of esters is 1. The zero-order valence-electron chi connectivity index (χ0n) is 28.4. The molecule has 0 saturated carbocycles. The van der Waals surface area contributed by atoms with Crippen molar-refractivity contribution in [3.63, 3.8) is 0 Å². The van der Waals surface area contributed by atoms with Gasteiger partial charge in [0.05, 0.1) is 11.5 Å². The third kappa shape index (κ3) is 9.80. The maximum Gasteiger partial charge on any atom is 0.491 e. The molecule has 0 spiro atoms. The van der Waals surface area contributed by atoms with Crippen LogP contribution >= 0.6 is 0 Å². The van der Waals surface area contributed by atoms with Crippen molar-refractivity contribution in [2.24, 2.45) is 10.8 Å². The van der Waals surface area contributed by atoms with E-state index in [-0.39, 0.29) is 42.5 Å². The Morgan fingerprint density at radius 2 is 1.47 bits per heavy atom. The molecule has 259 valence electrons. The van der Waals surface area contributed by atoms with Crippen LogP contribution in [0.25, 0.3) is 43.9 Å². The quantitative estimate of drug-likeness (QED) is 0.0483. The van der Waals surface area contributed by atoms with Crippen molar-refractivity contribution in [3.8, 4) is 28.4 Å². The summed E-state index contributed by atoms with van der Waals surface area (Å²) >= 11 is 0. The molecule has 2 N–H and O–H groups in total. The molecular formula is C38H38F3IrN3O4. The molecule has 1 radical (unpaired) electrons. The summed E-state index contributed by atoms with van der Waals surface area (Å²) in [7, 11) is 0. The predicted molar refractivity (Wildman–Crippen MR) is 182 cm³/mol. The van der Waals surface area contributed by atoms with E-state index < -0.39 is 18.2 Å². The minimum atomic E-state index is -5.12. The van der Waals surface area contributed by atoms with Crippen LogP contribution in [0.2, 0.25) is 0 Å². The smallest absolute Gasteiger partial charge is 0.491 e. The number of benzene rings is 3. The van der Waals surface area contributed by atoms with Crippen molar-refractivity contribution in [1.82, 2.24) is 15.0 Å². The number of rotatable bonds is 4. The summed E-state index contributed by atoms with van der Waals surface area (Å²) in [5, 5.41) is 13.6. The van der Waals surface area contributed by atoms with Gasteiger partial charge in [0.1, 0.15) is 5.76 Å². The summed E-state index contributed by atoms with van der Waals surface area (Å²) < 4.78 is 41.2. The van der Waals surface area contributed by atoms with Crippen LogP contribution in [0.5, 0.6) is 6.01 Å². The topological polar surface area (TPSA) is 107 Å². The number of carbonyl (C=O) groups excluding carboxylic acids is 2. The Kier molecular flexibility index (Phi) is 11.9. The number of allylic oxidation sites excluding steroid dienone is 2. The molecule has 2 aromatic heterocycles. The van der Waals surface area contributed by atoms with Crippen LogP contribution in [0.3, 0.4) is 0 Å². The summed E-state index contributed by atoms with van der Waals surface area (Å²) in [5.74, 6) is -1.95. The normalized spacial score (nSPS) is 12.2. The number of alkyl halides is 3. The van der Waals surface area contributed by atoms with Gasteiger partial charge in [-0.2, -0.15) is 13.2 Å². The number of ether oxygens (including phenoxy) is 1. The van der Waals surface area contributed by atoms with Crippen LogP contribution < -0.4 is 4.74 Å². The molecule has 7 nitrogen and oxygen atoms in total. The number of fused-ring (bicyclic) bond motifs is 3. The molecule has 5 rings (SSSR count). The molecule has 2 heterocycles. The van der Waals surface area contributed by atoms with E-state index in [4.69, 9.17) is 0 Å². The SMILES string of the molecule is CC(C)(C)C(=[OH+])/C=C(\O)C(C)(C)C.Cc1[c-]c(-c2nccc3c2ccc2cc(-c4cnc(OC(=O)C(F)(F)F)nc4)ccc23)cc(C)c1.[Ir]. The first-order chi connectivity index (χ1) is 22.2. The van der Waals surface area contributed by atoms with E-state index in [1.54, 1.807) is 6.20 Å². The Hall–Kier alpha value is -4.47. The first-order valence-corrected chi connectivity index (χ1v) is 15.2. The second-order valence-electron chi connectivity index (χ2n) is 13.6. The minimum absolute atomic E-state index is 0. The third-order valence-corrected chi connectivity index (χ3v) is 7.35. The predicted octanol–water partition coefficient (Wildman–Crippen LogP) is 9.46.